The van der Waals surface area contributed by atoms with Gasteiger partial charge in [0.1, 0.15) is 0 Å². The summed E-state index contributed by atoms with van der Waals surface area (Å²) in [5, 5.41) is 12.4. The summed E-state index contributed by atoms with van der Waals surface area (Å²) in [6.45, 7) is 0.608. The van der Waals surface area contributed by atoms with E-state index in [1.54, 1.807) is 29.4 Å². The van der Waals surface area contributed by atoms with E-state index in [2.05, 4.69) is 70.7 Å². The molecule has 1 saturated carbocycles. The molecule has 1 N–H and O–H groups in total. The first-order valence-electron chi connectivity index (χ1n) is 11.6. The molecule has 1 aliphatic carbocycles. The third kappa shape index (κ3) is 3.80. The van der Waals surface area contributed by atoms with Crippen molar-refractivity contribution in [1.82, 2.24) is 20.2 Å². The van der Waals surface area contributed by atoms with E-state index >= 15 is 0 Å². The Kier molecular flexibility index (Phi) is 5.54. The van der Waals surface area contributed by atoms with Gasteiger partial charge in [-0.3, -0.25) is 9.80 Å². The minimum Gasteiger partial charge on any atom is -0.330 e. The molecule has 1 aliphatic heterocycles. The topological polar surface area (TPSA) is 85.2 Å². The molecule has 2 fully saturated rings. The first-order chi connectivity index (χ1) is 16.4. The van der Waals surface area contributed by atoms with Gasteiger partial charge in [-0.25, -0.2) is 14.8 Å². The van der Waals surface area contributed by atoms with Gasteiger partial charge in [-0.1, -0.05) is 42.5 Å². The zero-order valence-corrected chi connectivity index (χ0v) is 19.5. The fourth-order valence-electron chi connectivity index (χ4n) is 5.42. The second kappa shape index (κ2) is 8.54. The van der Waals surface area contributed by atoms with Gasteiger partial charge < -0.3 is 5.32 Å². The average molecular weight is 453 g/mol. The van der Waals surface area contributed by atoms with Gasteiger partial charge >= 0.3 is 6.03 Å². The number of carbonyl (C=O) groups excluding carboxylic acids is 1. The summed E-state index contributed by atoms with van der Waals surface area (Å²) in [7, 11) is 4.30. The molecule has 1 aromatic heterocycles. The Labute approximate surface area is 200 Å². The molecule has 7 heteroatoms. The lowest BCUT2D eigenvalue weighted by atomic mass is 9.69. The molecule has 3 aromatic rings. The second-order valence-electron chi connectivity index (χ2n) is 9.55. The third-order valence-electron chi connectivity index (χ3n) is 7.48. The van der Waals surface area contributed by atoms with Crippen molar-refractivity contribution in [3.8, 4) is 17.5 Å². The molecule has 0 radical (unpaired) electrons. The van der Waals surface area contributed by atoms with Crippen LogP contribution in [0.1, 0.15) is 36.8 Å². The van der Waals surface area contributed by atoms with Crippen LogP contribution in [-0.4, -0.2) is 47.1 Å². The number of urea groups is 1. The highest BCUT2D eigenvalue weighted by Gasteiger charge is 2.50. The first kappa shape index (κ1) is 22.1. The van der Waals surface area contributed by atoms with Gasteiger partial charge in [-0.15, -0.1) is 0 Å². The van der Waals surface area contributed by atoms with E-state index in [1.165, 1.54) is 5.56 Å². The monoisotopic (exact) mass is 452 g/mol. The van der Waals surface area contributed by atoms with E-state index in [0.29, 0.717) is 23.6 Å². The van der Waals surface area contributed by atoms with E-state index in [-0.39, 0.29) is 17.1 Å². The van der Waals surface area contributed by atoms with E-state index < -0.39 is 0 Å². The maximum Gasteiger partial charge on any atom is 0.322 e. The molecule has 1 saturated heterocycles. The van der Waals surface area contributed by atoms with Crippen LogP contribution in [0.15, 0.2) is 67.0 Å². The summed E-state index contributed by atoms with van der Waals surface area (Å²) >= 11 is 0. The fraction of sp³-hybridized carbons (Fsp3) is 0.333. The number of hydrogen-bond donors (Lipinski definition) is 1. The molecule has 7 nitrogen and oxygen atoms in total. The molecule has 0 atom stereocenters. The van der Waals surface area contributed by atoms with Crippen LogP contribution in [0.4, 0.5) is 10.5 Å². The van der Waals surface area contributed by atoms with Gasteiger partial charge in [0.05, 0.1) is 41.8 Å². The molecule has 34 heavy (non-hydrogen) atoms. The van der Waals surface area contributed by atoms with Crippen molar-refractivity contribution in [3.05, 3.63) is 78.1 Å². The maximum atomic E-state index is 13.0. The van der Waals surface area contributed by atoms with Crippen LogP contribution in [0.25, 0.3) is 11.4 Å². The molecule has 2 aliphatic rings. The second-order valence-corrected chi connectivity index (χ2v) is 9.55. The van der Waals surface area contributed by atoms with Crippen molar-refractivity contribution in [3.63, 3.8) is 0 Å². The lowest BCUT2D eigenvalue weighted by Crippen LogP contribution is -2.54. The number of aromatic nitrogens is 2. The Hall–Kier alpha value is -3.76. The highest BCUT2D eigenvalue weighted by Crippen LogP contribution is 2.46. The molecule has 5 rings (SSSR count). The van der Waals surface area contributed by atoms with Crippen LogP contribution in [0.5, 0.6) is 0 Å². The molecular weight excluding hydrogens is 424 g/mol. The number of carbonyl (C=O) groups is 1. The normalized spacial score (nSPS) is 24.3. The number of nitriles is 1. The Morgan fingerprint density at radius 1 is 1.00 bits per heavy atom. The van der Waals surface area contributed by atoms with E-state index in [4.69, 9.17) is 5.26 Å². The smallest absolute Gasteiger partial charge is 0.322 e. The quantitative estimate of drug-likeness (QED) is 0.637. The van der Waals surface area contributed by atoms with Crippen molar-refractivity contribution in [2.45, 2.75) is 36.8 Å². The molecule has 2 heterocycles. The van der Waals surface area contributed by atoms with Gasteiger partial charge in [0.15, 0.2) is 5.82 Å². The minimum atomic E-state index is -0.245. The number of amides is 2. The summed E-state index contributed by atoms with van der Waals surface area (Å²) in [5.41, 5.74) is 3.09. The average Bonchev–Trinajstić information content (AvgIpc) is 3.20. The number of rotatable bonds is 4. The van der Waals surface area contributed by atoms with Crippen molar-refractivity contribution < 1.29 is 4.79 Å². The number of benzene rings is 2. The number of nitrogens with one attached hydrogen (secondary N) is 1. The van der Waals surface area contributed by atoms with Gasteiger partial charge in [-0.2, -0.15) is 5.26 Å². The minimum absolute atomic E-state index is 0.0205. The highest BCUT2D eigenvalue weighted by molar-refractivity contribution is 5.95. The summed E-state index contributed by atoms with van der Waals surface area (Å²) in [5.74, 6) is 0.534. The van der Waals surface area contributed by atoms with Crippen LogP contribution in [-0.2, 0) is 5.54 Å². The van der Waals surface area contributed by atoms with Gasteiger partial charge in [0.2, 0.25) is 0 Å². The van der Waals surface area contributed by atoms with Gasteiger partial charge in [0, 0.05) is 11.1 Å². The number of anilines is 1. The van der Waals surface area contributed by atoms with E-state index in [1.807, 2.05) is 12.1 Å². The standard InChI is InChI=1S/C27H28N6O/c1-32(2)27(22-9-4-3-5-10-22)13-11-26(12-14-27)19-33(25(34)31-26)23-17-29-24(30-18-23)21-8-6-7-20(15-21)16-28/h3-10,15,17-18H,11-14,19H2,1-2H3,(H,31,34). The maximum absolute atomic E-state index is 13.0. The summed E-state index contributed by atoms with van der Waals surface area (Å²) in [6.07, 6.45) is 7.14. The fourth-order valence-corrected chi connectivity index (χ4v) is 5.42. The third-order valence-corrected chi connectivity index (χ3v) is 7.48. The zero-order valence-electron chi connectivity index (χ0n) is 19.5. The van der Waals surface area contributed by atoms with Gasteiger partial charge in [0.25, 0.3) is 0 Å². The summed E-state index contributed by atoms with van der Waals surface area (Å²) in [4.78, 5) is 26.0. The first-order valence-corrected chi connectivity index (χ1v) is 11.6. The van der Waals surface area contributed by atoms with Crippen LogP contribution in [0.2, 0.25) is 0 Å². The Morgan fingerprint density at radius 2 is 1.71 bits per heavy atom. The summed E-state index contributed by atoms with van der Waals surface area (Å²) < 4.78 is 0. The van der Waals surface area contributed by atoms with Crippen molar-refractivity contribution in [2.24, 2.45) is 0 Å². The molecule has 2 amide bonds. The summed E-state index contributed by atoms with van der Waals surface area (Å²) in [6, 6.07) is 19.9. The van der Waals surface area contributed by atoms with E-state index in [0.717, 1.165) is 31.2 Å². The number of nitrogens with zero attached hydrogens (tertiary/aromatic N) is 5. The molecule has 0 unspecified atom stereocenters. The Morgan fingerprint density at radius 3 is 2.35 bits per heavy atom. The van der Waals surface area contributed by atoms with Crippen molar-refractivity contribution in [2.75, 3.05) is 25.5 Å². The molecule has 1 spiro atoms. The highest BCUT2D eigenvalue weighted by atomic mass is 16.2. The van der Waals surface area contributed by atoms with Crippen LogP contribution >= 0.6 is 0 Å². The molecular formula is C27H28N6O. The Bertz CT molecular complexity index is 1220. The predicted octanol–water partition coefficient (Wildman–Crippen LogP) is 4.31. The Balaban J connectivity index is 1.33. The van der Waals surface area contributed by atoms with Gasteiger partial charge in [-0.05, 0) is 57.5 Å². The SMILES string of the molecule is CN(C)C1(c2ccccc2)CCC2(CC1)CN(c1cnc(-c3cccc(C#N)c3)nc1)C(=O)N2. The predicted molar refractivity (Wildman–Crippen MR) is 131 cm³/mol. The van der Waals surface area contributed by atoms with Crippen LogP contribution in [0, 0.1) is 11.3 Å². The lowest BCUT2D eigenvalue weighted by Gasteiger charge is -2.48. The lowest BCUT2D eigenvalue weighted by molar-refractivity contribution is 0.0658. The van der Waals surface area contributed by atoms with Crippen molar-refractivity contribution >= 4 is 11.7 Å². The molecule has 172 valence electrons. The largest absolute Gasteiger partial charge is 0.330 e. The number of hydrogen-bond acceptors (Lipinski definition) is 5. The van der Waals surface area contributed by atoms with E-state index in [9.17, 15) is 4.79 Å². The van der Waals surface area contributed by atoms with Crippen molar-refractivity contribution in [1.29, 1.82) is 5.26 Å². The molecule has 0 bridgehead atoms. The van der Waals surface area contributed by atoms with Crippen LogP contribution in [0.3, 0.4) is 0 Å². The molecule has 2 aromatic carbocycles. The zero-order chi connectivity index (χ0) is 23.8. The van der Waals surface area contributed by atoms with Crippen LogP contribution < -0.4 is 10.2 Å².